The van der Waals surface area contributed by atoms with Crippen LogP contribution in [0.15, 0.2) is 48.8 Å². The van der Waals surface area contributed by atoms with Crippen LogP contribution in [0.2, 0.25) is 0 Å². The maximum absolute atomic E-state index is 11.8. The van der Waals surface area contributed by atoms with Gasteiger partial charge in [-0.2, -0.15) is 0 Å². The second-order valence-corrected chi connectivity index (χ2v) is 5.04. The average molecular weight is 280 g/mol. The number of ether oxygens (including phenoxy) is 1. The summed E-state index contributed by atoms with van der Waals surface area (Å²) in [5.41, 5.74) is 4.47. The van der Waals surface area contributed by atoms with Crippen molar-refractivity contribution in [3.63, 3.8) is 0 Å². The predicted octanol–water partition coefficient (Wildman–Crippen LogP) is 3.02. The summed E-state index contributed by atoms with van der Waals surface area (Å²) in [5.74, 6) is -0.368. The number of benzene rings is 1. The Bertz CT molecular complexity index is 788. The van der Waals surface area contributed by atoms with E-state index in [-0.39, 0.29) is 5.97 Å². The van der Waals surface area contributed by atoms with Crippen LogP contribution in [-0.2, 0) is 11.2 Å². The van der Waals surface area contributed by atoms with Gasteiger partial charge in [0.05, 0.1) is 12.8 Å². The Balaban J connectivity index is 1.97. The van der Waals surface area contributed by atoms with Crippen molar-refractivity contribution in [3.05, 3.63) is 71.2 Å². The highest BCUT2D eigenvalue weighted by Gasteiger charge is 2.13. The third kappa shape index (κ3) is 2.65. The van der Waals surface area contributed by atoms with Crippen LogP contribution < -0.4 is 0 Å². The van der Waals surface area contributed by atoms with Crippen molar-refractivity contribution in [2.45, 2.75) is 13.3 Å². The van der Waals surface area contributed by atoms with E-state index in [0.29, 0.717) is 11.2 Å². The Morgan fingerprint density at radius 3 is 2.71 bits per heavy atom. The minimum atomic E-state index is -0.368. The Kier molecular flexibility index (Phi) is 3.44. The van der Waals surface area contributed by atoms with Crippen molar-refractivity contribution in [2.75, 3.05) is 7.11 Å². The van der Waals surface area contributed by atoms with Gasteiger partial charge in [0.25, 0.3) is 0 Å². The fraction of sp³-hybridized carbons (Fsp3) is 0.176. The van der Waals surface area contributed by atoms with Gasteiger partial charge in [0, 0.05) is 18.8 Å². The van der Waals surface area contributed by atoms with Crippen LogP contribution in [0.1, 0.15) is 27.2 Å². The minimum absolute atomic E-state index is 0.368. The maximum Gasteiger partial charge on any atom is 0.341 e. The fourth-order valence-corrected chi connectivity index (χ4v) is 2.33. The summed E-state index contributed by atoms with van der Waals surface area (Å²) in [5, 5.41) is 0. The average Bonchev–Trinajstić information content (AvgIpc) is 2.91. The number of rotatable bonds is 3. The third-order valence-corrected chi connectivity index (χ3v) is 3.44. The molecule has 0 N–H and O–H groups in total. The molecule has 4 heteroatoms. The van der Waals surface area contributed by atoms with Crippen LogP contribution in [0.3, 0.4) is 0 Å². The number of aryl methyl sites for hydroxylation is 1. The molecule has 0 atom stereocenters. The van der Waals surface area contributed by atoms with Gasteiger partial charge in [-0.05, 0) is 24.6 Å². The standard InChI is InChI=1S/C17H16N2O2/c1-12-5-7-13(8-6-12)10-14-11-19-9-3-4-15(16(19)18-14)17(20)21-2/h3-9,11H,10H2,1-2H3. The van der Waals surface area contributed by atoms with Gasteiger partial charge in [-0.25, -0.2) is 9.78 Å². The van der Waals surface area contributed by atoms with Crippen molar-refractivity contribution >= 4 is 11.6 Å². The van der Waals surface area contributed by atoms with E-state index < -0.39 is 0 Å². The molecule has 1 aromatic carbocycles. The zero-order valence-electron chi connectivity index (χ0n) is 12.0. The van der Waals surface area contributed by atoms with E-state index in [1.165, 1.54) is 18.2 Å². The first-order chi connectivity index (χ1) is 10.2. The molecule has 3 aromatic rings. The maximum atomic E-state index is 11.8. The third-order valence-electron chi connectivity index (χ3n) is 3.44. The predicted molar refractivity (Wildman–Crippen MR) is 80.5 cm³/mol. The number of hydrogen-bond acceptors (Lipinski definition) is 3. The highest BCUT2D eigenvalue weighted by molar-refractivity contribution is 5.95. The number of esters is 1. The molecule has 0 spiro atoms. The summed E-state index contributed by atoms with van der Waals surface area (Å²) >= 11 is 0. The number of pyridine rings is 1. The van der Waals surface area contributed by atoms with Gasteiger partial charge < -0.3 is 9.14 Å². The molecule has 106 valence electrons. The molecule has 0 aliphatic carbocycles. The first-order valence-corrected chi connectivity index (χ1v) is 6.78. The number of fused-ring (bicyclic) bond motifs is 1. The Morgan fingerprint density at radius 1 is 1.24 bits per heavy atom. The largest absolute Gasteiger partial charge is 0.465 e. The summed E-state index contributed by atoms with van der Waals surface area (Å²) in [7, 11) is 1.38. The lowest BCUT2D eigenvalue weighted by atomic mass is 10.1. The van der Waals surface area contributed by atoms with Gasteiger partial charge in [-0.3, -0.25) is 0 Å². The Morgan fingerprint density at radius 2 is 2.00 bits per heavy atom. The quantitative estimate of drug-likeness (QED) is 0.693. The molecule has 2 aromatic heterocycles. The normalized spacial score (nSPS) is 10.8. The molecule has 3 rings (SSSR count). The summed E-state index contributed by atoms with van der Waals surface area (Å²) in [6.45, 7) is 2.07. The van der Waals surface area contributed by atoms with Crippen molar-refractivity contribution < 1.29 is 9.53 Å². The summed E-state index contributed by atoms with van der Waals surface area (Å²) in [4.78, 5) is 16.3. The van der Waals surface area contributed by atoms with E-state index in [1.807, 2.05) is 22.9 Å². The van der Waals surface area contributed by atoms with Gasteiger partial charge in [0.15, 0.2) is 5.65 Å². The number of hydrogen-bond donors (Lipinski definition) is 0. The summed E-state index contributed by atoms with van der Waals surface area (Å²) in [6.07, 6.45) is 4.57. The Labute approximate surface area is 123 Å². The van der Waals surface area contributed by atoms with Crippen LogP contribution in [0.25, 0.3) is 5.65 Å². The number of carbonyl (C=O) groups is 1. The van der Waals surface area contributed by atoms with Crippen molar-refractivity contribution in [1.29, 1.82) is 0 Å². The summed E-state index contributed by atoms with van der Waals surface area (Å²) < 4.78 is 6.65. The molecule has 0 saturated carbocycles. The van der Waals surface area contributed by atoms with E-state index >= 15 is 0 Å². The Hall–Kier alpha value is -2.62. The minimum Gasteiger partial charge on any atom is -0.465 e. The molecule has 4 nitrogen and oxygen atoms in total. The van der Waals surface area contributed by atoms with E-state index in [4.69, 9.17) is 4.74 Å². The van der Waals surface area contributed by atoms with E-state index in [1.54, 1.807) is 6.07 Å². The van der Waals surface area contributed by atoms with Gasteiger partial charge >= 0.3 is 5.97 Å². The molecule has 0 unspecified atom stereocenters. The van der Waals surface area contributed by atoms with E-state index in [0.717, 1.165) is 12.1 Å². The highest BCUT2D eigenvalue weighted by atomic mass is 16.5. The molecule has 2 heterocycles. The van der Waals surface area contributed by atoms with Crippen LogP contribution in [0.5, 0.6) is 0 Å². The molecule has 0 bridgehead atoms. The van der Waals surface area contributed by atoms with Gasteiger partial charge in [0.2, 0.25) is 0 Å². The lowest BCUT2D eigenvalue weighted by Crippen LogP contribution is -2.03. The molecule has 0 radical (unpaired) electrons. The van der Waals surface area contributed by atoms with Gasteiger partial charge in [-0.1, -0.05) is 29.8 Å². The topological polar surface area (TPSA) is 43.6 Å². The van der Waals surface area contributed by atoms with Gasteiger partial charge in [0.1, 0.15) is 5.56 Å². The number of imidazole rings is 1. The first kappa shape index (κ1) is 13.4. The molecule has 0 fully saturated rings. The molecule has 21 heavy (non-hydrogen) atoms. The molecule has 0 aliphatic rings. The molecule has 0 saturated heterocycles. The van der Waals surface area contributed by atoms with Crippen molar-refractivity contribution in [2.24, 2.45) is 0 Å². The number of nitrogens with zero attached hydrogens (tertiary/aromatic N) is 2. The molecular weight excluding hydrogens is 264 g/mol. The van der Waals surface area contributed by atoms with Crippen LogP contribution in [-0.4, -0.2) is 22.5 Å². The zero-order chi connectivity index (χ0) is 14.8. The van der Waals surface area contributed by atoms with Crippen LogP contribution in [0, 0.1) is 6.92 Å². The first-order valence-electron chi connectivity index (χ1n) is 6.78. The zero-order valence-corrected chi connectivity index (χ0v) is 12.0. The van der Waals surface area contributed by atoms with E-state index in [2.05, 4.69) is 36.2 Å². The second kappa shape index (κ2) is 5.40. The van der Waals surface area contributed by atoms with Crippen LogP contribution >= 0.6 is 0 Å². The number of methoxy groups -OCH3 is 1. The second-order valence-electron chi connectivity index (χ2n) is 5.04. The fourth-order valence-electron chi connectivity index (χ4n) is 2.33. The van der Waals surface area contributed by atoms with Gasteiger partial charge in [-0.15, -0.1) is 0 Å². The number of carbonyl (C=O) groups excluding carboxylic acids is 1. The van der Waals surface area contributed by atoms with E-state index in [9.17, 15) is 4.79 Å². The SMILES string of the molecule is COC(=O)c1cccn2cc(Cc3ccc(C)cc3)nc12. The van der Waals surface area contributed by atoms with Crippen molar-refractivity contribution in [3.8, 4) is 0 Å². The van der Waals surface area contributed by atoms with Crippen LogP contribution in [0.4, 0.5) is 0 Å². The summed E-state index contributed by atoms with van der Waals surface area (Å²) in [6, 6.07) is 11.9. The molecule has 0 aliphatic heterocycles. The lowest BCUT2D eigenvalue weighted by molar-refractivity contribution is 0.0602. The lowest BCUT2D eigenvalue weighted by Gasteiger charge is -2.00. The van der Waals surface area contributed by atoms with Crippen molar-refractivity contribution in [1.82, 2.24) is 9.38 Å². The molecular formula is C17H16N2O2. The smallest absolute Gasteiger partial charge is 0.341 e. The molecule has 0 amide bonds. The highest BCUT2D eigenvalue weighted by Crippen LogP contribution is 2.15. The number of aromatic nitrogens is 2. The monoisotopic (exact) mass is 280 g/mol.